The number of ether oxygens (including phenoxy) is 1. The maximum Gasteiger partial charge on any atom is 0.410 e. The molecule has 1 N–H and O–H groups in total. The number of halogens is 1. The Labute approximate surface area is 154 Å². The fraction of sp³-hybridized carbons (Fsp3) is 0.611. The Kier molecular flexibility index (Phi) is 6.64. The highest BCUT2D eigenvalue weighted by molar-refractivity contribution is 6.30. The lowest BCUT2D eigenvalue weighted by Crippen LogP contribution is -2.47. The van der Waals surface area contributed by atoms with E-state index in [4.69, 9.17) is 16.3 Å². The number of piperidine rings is 1. The van der Waals surface area contributed by atoms with Crippen LogP contribution in [0.5, 0.6) is 0 Å². The molecule has 0 bridgehead atoms. The summed E-state index contributed by atoms with van der Waals surface area (Å²) in [6.07, 6.45) is 5.08. The number of likely N-dealkylation sites (tertiary alicyclic amines) is 1. The SMILES string of the molecule is C=CCCc1cc(N[C@@H]2CCCN(C(=O)OC(C)(C)C)C2)nnc1Cl. The molecule has 0 radical (unpaired) electrons. The van der Waals surface area contributed by atoms with Gasteiger partial charge in [-0.25, -0.2) is 4.79 Å². The van der Waals surface area contributed by atoms with Gasteiger partial charge in [-0.3, -0.25) is 0 Å². The third-order valence-corrected chi connectivity index (χ3v) is 4.18. The first kappa shape index (κ1) is 19.5. The number of carbonyl (C=O) groups is 1. The Morgan fingerprint density at radius 1 is 1.52 bits per heavy atom. The molecule has 1 fully saturated rings. The zero-order valence-electron chi connectivity index (χ0n) is 15.2. The van der Waals surface area contributed by atoms with Gasteiger partial charge >= 0.3 is 6.09 Å². The summed E-state index contributed by atoms with van der Waals surface area (Å²) in [7, 11) is 0. The van der Waals surface area contributed by atoms with Gasteiger partial charge in [0, 0.05) is 19.1 Å². The summed E-state index contributed by atoms with van der Waals surface area (Å²) in [4.78, 5) is 14.0. The van der Waals surface area contributed by atoms with Gasteiger partial charge in [-0.05, 0) is 58.1 Å². The van der Waals surface area contributed by atoms with Crippen molar-refractivity contribution < 1.29 is 9.53 Å². The first-order valence-corrected chi connectivity index (χ1v) is 9.04. The Morgan fingerprint density at radius 2 is 2.28 bits per heavy atom. The van der Waals surface area contributed by atoms with Gasteiger partial charge in [0.15, 0.2) is 5.15 Å². The molecule has 0 aromatic carbocycles. The Bertz CT molecular complexity index is 616. The van der Waals surface area contributed by atoms with Crippen LogP contribution < -0.4 is 5.32 Å². The minimum atomic E-state index is -0.487. The van der Waals surface area contributed by atoms with Crippen LogP contribution in [0.4, 0.5) is 10.6 Å². The highest BCUT2D eigenvalue weighted by Gasteiger charge is 2.27. The van der Waals surface area contributed by atoms with E-state index in [1.807, 2.05) is 32.9 Å². The van der Waals surface area contributed by atoms with Crippen LogP contribution in [-0.2, 0) is 11.2 Å². The second kappa shape index (κ2) is 8.52. The predicted molar refractivity (Wildman–Crippen MR) is 100 cm³/mol. The molecular weight excluding hydrogens is 340 g/mol. The molecule has 1 saturated heterocycles. The molecule has 0 unspecified atom stereocenters. The van der Waals surface area contributed by atoms with Crippen LogP contribution in [0.1, 0.15) is 45.6 Å². The van der Waals surface area contributed by atoms with Crippen molar-refractivity contribution in [3.63, 3.8) is 0 Å². The van der Waals surface area contributed by atoms with Crippen LogP contribution in [0.15, 0.2) is 18.7 Å². The molecule has 7 heteroatoms. The van der Waals surface area contributed by atoms with Crippen molar-refractivity contribution in [2.75, 3.05) is 18.4 Å². The number of aromatic nitrogens is 2. The molecule has 1 aromatic rings. The van der Waals surface area contributed by atoms with Gasteiger partial charge in [-0.1, -0.05) is 17.7 Å². The number of nitrogens with one attached hydrogen (secondary N) is 1. The molecule has 1 aliphatic heterocycles. The summed E-state index contributed by atoms with van der Waals surface area (Å²) in [6, 6.07) is 2.04. The molecule has 2 rings (SSSR count). The maximum absolute atomic E-state index is 12.2. The normalized spacial score (nSPS) is 17.9. The highest BCUT2D eigenvalue weighted by Crippen LogP contribution is 2.21. The average molecular weight is 367 g/mol. The van der Waals surface area contributed by atoms with Crippen LogP contribution in [0.25, 0.3) is 0 Å². The van der Waals surface area contributed by atoms with Gasteiger partial charge in [-0.2, -0.15) is 0 Å². The van der Waals surface area contributed by atoms with E-state index in [0.29, 0.717) is 24.1 Å². The number of anilines is 1. The average Bonchev–Trinajstić information content (AvgIpc) is 2.54. The van der Waals surface area contributed by atoms with E-state index in [0.717, 1.165) is 31.2 Å². The van der Waals surface area contributed by atoms with Gasteiger partial charge in [0.25, 0.3) is 0 Å². The van der Waals surface area contributed by atoms with Crippen molar-refractivity contribution in [2.45, 2.75) is 58.1 Å². The maximum atomic E-state index is 12.2. The molecule has 1 amide bonds. The number of hydrogen-bond donors (Lipinski definition) is 1. The summed E-state index contributed by atoms with van der Waals surface area (Å²) < 4.78 is 5.46. The van der Waals surface area contributed by atoms with Crippen LogP contribution >= 0.6 is 11.6 Å². The Hall–Kier alpha value is -1.82. The lowest BCUT2D eigenvalue weighted by atomic mass is 10.1. The zero-order valence-corrected chi connectivity index (χ0v) is 16.0. The number of aryl methyl sites for hydroxylation is 1. The molecule has 2 heterocycles. The first-order chi connectivity index (χ1) is 11.8. The minimum absolute atomic E-state index is 0.115. The summed E-state index contributed by atoms with van der Waals surface area (Å²) >= 11 is 6.10. The van der Waals surface area contributed by atoms with Crippen molar-refractivity contribution >= 4 is 23.5 Å². The van der Waals surface area contributed by atoms with E-state index in [-0.39, 0.29) is 12.1 Å². The van der Waals surface area contributed by atoms with Crippen molar-refractivity contribution in [3.8, 4) is 0 Å². The summed E-state index contributed by atoms with van der Waals surface area (Å²) in [5.74, 6) is 0.680. The fourth-order valence-electron chi connectivity index (χ4n) is 2.72. The smallest absolute Gasteiger partial charge is 0.410 e. The van der Waals surface area contributed by atoms with Crippen molar-refractivity contribution in [1.29, 1.82) is 0 Å². The van der Waals surface area contributed by atoms with Crippen molar-refractivity contribution in [2.24, 2.45) is 0 Å². The van der Waals surface area contributed by atoms with E-state index in [9.17, 15) is 4.79 Å². The number of amides is 1. The third-order valence-electron chi connectivity index (χ3n) is 3.86. The number of carbonyl (C=O) groups excluding carboxylic acids is 1. The lowest BCUT2D eigenvalue weighted by Gasteiger charge is -2.34. The Morgan fingerprint density at radius 3 is 2.96 bits per heavy atom. The van der Waals surface area contributed by atoms with Gasteiger partial charge < -0.3 is 15.0 Å². The highest BCUT2D eigenvalue weighted by atomic mass is 35.5. The topological polar surface area (TPSA) is 67.4 Å². The van der Waals surface area contributed by atoms with E-state index in [2.05, 4.69) is 22.1 Å². The van der Waals surface area contributed by atoms with Crippen molar-refractivity contribution in [3.05, 3.63) is 29.4 Å². The number of nitrogens with zero attached hydrogens (tertiary/aromatic N) is 3. The quantitative estimate of drug-likeness (QED) is 0.796. The predicted octanol–water partition coefficient (Wildman–Crippen LogP) is 4.06. The van der Waals surface area contributed by atoms with Gasteiger partial charge in [-0.15, -0.1) is 16.8 Å². The second-order valence-corrected chi connectivity index (χ2v) is 7.64. The monoisotopic (exact) mass is 366 g/mol. The van der Waals surface area contributed by atoms with Gasteiger partial charge in [0.05, 0.1) is 0 Å². The van der Waals surface area contributed by atoms with Crippen LogP contribution in [-0.4, -0.2) is 45.9 Å². The molecule has 1 aromatic heterocycles. The minimum Gasteiger partial charge on any atom is -0.444 e. The molecule has 0 aliphatic carbocycles. The van der Waals surface area contributed by atoms with Crippen LogP contribution in [0.2, 0.25) is 5.15 Å². The first-order valence-electron chi connectivity index (χ1n) is 8.66. The summed E-state index contributed by atoms with van der Waals surface area (Å²) in [6.45, 7) is 10.6. The van der Waals surface area contributed by atoms with Crippen LogP contribution in [0, 0.1) is 0 Å². The third kappa shape index (κ3) is 6.20. The standard InChI is InChI=1S/C18H27ClN4O2/c1-5-6-8-13-11-15(21-22-16(13)19)20-14-9-7-10-23(12-14)17(24)25-18(2,3)4/h5,11,14H,1,6-10,12H2,2-4H3,(H,20,21)/t14-/m1/s1. The van der Waals surface area contributed by atoms with Gasteiger partial charge in [0.1, 0.15) is 11.4 Å². The zero-order chi connectivity index (χ0) is 18.4. The molecule has 1 aliphatic rings. The molecule has 6 nitrogen and oxygen atoms in total. The van der Waals surface area contributed by atoms with Gasteiger partial charge in [0.2, 0.25) is 0 Å². The van der Waals surface area contributed by atoms with E-state index < -0.39 is 5.60 Å². The largest absolute Gasteiger partial charge is 0.444 e. The number of allylic oxidation sites excluding steroid dienone is 1. The molecule has 138 valence electrons. The molecule has 0 spiro atoms. The number of rotatable bonds is 5. The lowest BCUT2D eigenvalue weighted by molar-refractivity contribution is 0.0206. The molecular formula is C18H27ClN4O2. The van der Waals surface area contributed by atoms with E-state index >= 15 is 0 Å². The van der Waals surface area contributed by atoms with E-state index in [1.165, 1.54) is 0 Å². The number of hydrogen-bond acceptors (Lipinski definition) is 5. The summed E-state index contributed by atoms with van der Waals surface area (Å²) in [5.41, 5.74) is 0.456. The van der Waals surface area contributed by atoms with E-state index in [1.54, 1.807) is 4.90 Å². The molecule has 25 heavy (non-hydrogen) atoms. The molecule has 0 saturated carbocycles. The van der Waals surface area contributed by atoms with Crippen LogP contribution in [0.3, 0.4) is 0 Å². The fourth-order valence-corrected chi connectivity index (χ4v) is 2.90. The van der Waals surface area contributed by atoms with Crippen molar-refractivity contribution in [1.82, 2.24) is 15.1 Å². The second-order valence-electron chi connectivity index (χ2n) is 7.28. The molecule has 1 atom stereocenters. The Balaban J connectivity index is 1.98. The summed E-state index contributed by atoms with van der Waals surface area (Å²) in [5, 5.41) is 11.9.